The summed E-state index contributed by atoms with van der Waals surface area (Å²) in [6.45, 7) is 1.95. The van der Waals surface area contributed by atoms with Crippen LogP contribution in [0, 0.1) is 0 Å². The van der Waals surface area contributed by atoms with E-state index in [4.69, 9.17) is 4.74 Å². The number of carbonyl (C=O) groups is 2. The Balaban J connectivity index is 2.34. The molecular formula is C13H15NO3. The first-order valence-corrected chi connectivity index (χ1v) is 5.55. The summed E-state index contributed by atoms with van der Waals surface area (Å²) in [7, 11) is 1.35. The van der Waals surface area contributed by atoms with E-state index in [1.807, 2.05) is 24.3 Å². The van der Waals surface area contributed by atoms with Crippen molar-refractivity contribution in [3.8, 4) is 0 Å². The van der Waals surface area contributed by atoms with Crippen LogP contribution in [0.15, 0.2) is 24.3 Å². The Morgan fingerprint density at radius 2 is 1.94 bits per heavy atom. The first-order valence-electron chi connectivity index (χ1n) is 5.55. The largest absolute Gasteiger partial charge is 0.467 e. The first-order chi connectivity index (χ1) is 8.13. The number of rotatable bonds is 1. The van der Waals surface area contributed by atoms with Gasteiger partial charge in [-0.1, -0.05) is 24.3 Å². The third-order valence-corrected chi connectivity index (χ3v) is 3.13. The Labute approximate surface area is 100 Å². The van der Waals surface area contributed by atoms with E-state index in [-0.39, 0.29) is 11.9 Å². The summed E-state index contributed by atoms with van der Waals surface area (Å²) in [6.07, 6.45) is 0.530. The van der Waals surface area contributed by atoms with Crippen LogP contribution in [0.3, 0.4) is 0 Å². The zero-order valence-electron chi connectivity index (χ0n) is 9.97. The van der Waals surface area contributed by atoms with Crippen molar-refractivity contribution in [3.63, 3.8) is 0 Å². The zero-order valence-corrected chi connectivity index (χ0v) is 9.97. The molecule has 4 heteroatoms. The topological polar surface area (TPSA) is 46.6 Å². The van der Waals surface area contributed by atoms with E-state index in [9.17, 15) is 9.59 Å². The van der Waals surface area contributed by atoms with Gasteiger partial charge in [0.1, 0.15) is 6.04 Å². The lowest BCUT2D eigenvalue weighted by Crippen LogP contribution is -2.48. The summed E-state index contributed by atoms with van der Waals surface area (Å²) in [5.74, 6) is -0.454. The molecule has 1 atom stereocenters. The molecule has 1 amide bonds. The normalized spacial score (nSPS) is 18.5. The second-order valence-corrected chi connectivity index (χ2v) is 4.16. The molecule has 1 aliphatic rings. The molecule has 0 radical (unpaired) electrons. The molecule has 17 heavy (non-hydrogen) atoms. The minimum atomic E-state index is -0.493. The molecule has 1 aliphatic heterocycles. The number of amides is 1. The number of hydrogen-bond acceptors (Lipinski definition) is 3. The second kappa shape index (κ2) is 4.57. The molecule has 4 nitrogen and oxygen atoms in total. The summed E-state index contributed by atoms with van der Waals surface area (Å²) in [5, 5.41) is 0. The maximum absolute atomic E-state index is 11.7. The second-order valence-electron chi connectivity index (χ2n) is 4.16. The van der Waals surface area contributed by atoms with Crippen LogP contribution in [0.2, 0.25) is 0 Å². The number of ether oxygens (including phenoxy) is 1. The van der Waals surface area contributed by atoms with Crippen molar-refractivity contribution >= 4 is 11.9 Å². The summed E-state index contributed by atoms with van der Waals surface area (Å²) < 4.78 is 4.75. The highest BCUT2D eigenvalue weighted by Crippen LogP contribution is 2.23. The average Bonchev–Trinajstić information content (AvgIpc) is 2.36. The van der Waals surface area contributed by atoms with Crippen molar-refractivity contribution in [1.82, 2.24) is 4.90 Å². The Bertz CT molecular complexity index is 456. The fourth-order valence-corrected chi connectivity index (χ4v) is 2.20. The Kier molecular flexibility index (Phi) is 3.13. The van der Waals surface area contributed by atoms with Crippen molar-refractivity contribution in [1.29, 1.82) is 0 Å². The van der Waals surface area contributed by atoms with Gasteiger partial charge in [-0.25, -0.2) is 4.79 Å². The van der Waals surface area contributed by atoms with Gasteiger partial charge in [0.2, 0.25) is 5.91 Å². The van der Waals surface area contributed by atoms with Crippen LogP contribution in [0.4, 0.5) is 0 Å². The number of methoxy groups -OCH3 is 1. The third kappa shape index (κ3) is 2.16. The molecule has 0 aliphatic carbocycles. The molecule has 0 fully saturated rings. The van der Waals surface area contributed by atoms with Gasteiger partial charge in [0.25, 0.3) is 0 Å². The number of hydrogen-bond donors (Lipinski definition) is 0. The van der Waals surface area contributed by atoms with E-state index in [0.29, 0.717) is 13.0 Å². The fraction of sp³-hybridized carbons (Fsp3) is 0.385. The highest BCUT2D eigenvalue weighted by atomic mass is 16.5. The van der Waals surface area contributed by atoms with Gasteiger partial charge in [-0.05, 0) is 11.1 Å². The van der Waals surface area contributed by atoms with Gasteiger partial charge in [0, 0.05) is 19.9 Å². The molecule has 1 heterocycles. The fourth-order valence-electron chi connectivity index (χ4n) is 2.20. The predicted molar refractivity (Wildman–Crippen MR) is 62.2 cm³/mol. The quantitative estimate of drug-likeness (QED) is 0.683. The number of carbonyl (C=O) groups excluding carboxylic acids is 2. The maximum Gasteiger partial charge on any atom is 0.328 e. The minimum Gasteiger partial charge on any atom is -0.467 e. The molecule has 0 unspecified atom stereocenters. The van der Waals surface area contributed by atoms with E-state index in [1.54, 1.807) is 4.90 Å². The SMILES string of the molecule is COC(=O)[C@@H]1Cc2ccccc2CN1C(C)=O. The molecular weight excluding hydrogens is 218 g/mol. The molecule has 0 saturated heterocycles. The van der Waals surface area contributed by atoms with Crippen molar-refractivity contribution in [2.45, 2.75) is 25.9 Å². The van der Waals surface area contributed by atoms with Crippen LogP contribution >= 0.6 is 0 Å². The lowest BCUT2D eigenvalue weighted by atomic mass is 9.94. The van der Waals surface area contributed by atoms with Crippen LogP contribution in [0.1, 0.15) is 18.1 Å². The predicted octanol–water partition coefficient (Wildman–Crippen LogP) is 1.13. The van der Waals surface area contributed by atoms with Gasteiger partial charge >= 0.3 is 5.97 Å². The van der Waals surface area contributed by atoms with Crippen LogP contribution in [-0.2, 0) is 27.3 Å². The van der Waals surface area contributed by atoms with Crippen LogP contribution in [-0.4, -0.2) is 29.9 Å². The van der Waals surface area contributed by atoms with E-state index < -0.39 is 6.04 Å². The molecule has 0 spiro atoms. The lowest BCUT2D eigenvalue weighted by Gasteiger charge is -2.34. The van der Waals surface area contributed by atoms with Gasteiger partial charge in [0.15, 0.2) is 0 Å². The van der Waals surface area contributed by atoms with E-state index in [2.05, 4.69) is 0 Å². The third-order valence-electron chi connectivity index (χ3n) is 3.13. The molecule has 90 valence electrons. The average molecular weight is 233 g/mol. The van der Waals surface area contributed by atoms with E-state index >= 15 is 0 Å². The monoisotopic (exact) mass is 233 g/mol. The van der Waals surface area contributed by atoms with Crippen LogP contribution < -0.4 is 0 Å². The Hall–Kier alpha value is -1.84. The summed E-state index contributed by atoms with van der Waals surface area (Å²) in [4.78, 5) is 24.8. The van der Waals surface area contributed by atoms with Crippen molar-refractivity contribution in [2.24, 2.45) is 0 Å². The van der Waals surface area contributed by atoms with Crippen molar-refractivity contribution < 1.29 is 14.3 Å². The molecule has 0 saturated carbocycles. The van der Waals surface area contributed by atoms with E-state index in [1.165, 1.54) is 14.0 Å². The van der Waals surface area contributed by atoms with Crippen LogP contribution in [0.5, 0.6) is 0 Å². The number of fused-ring (bicyclic) bond motifs is 1. The van der Waals surface area contributed by atoms with Crippen LogP contribution in [0.25, 0.3) is 0 Å². The summed E-state index contributed by atoms with van der Waals surface area (Å²) in [5.41, 5.74) is 2.21. The standard InChI is InChI=1S/C13H15NO3/c1-9(15)14-8-11-6-4-3-5-10(11)7-12(14)13(16)17-2/h3-6,12H,7-8H2,1-2H3/t12-/m0/s1. The molecule has 2 rings (SSSR count). The zero-order chi connectivity index (χ0) is 12.4. The van der Waals surface area contributed by atoms with Gasteiger partial charge in [-0.3, -0.25) is 4.79 Å². The van der Waals surface area contributed by atoms with Gasteiger partial charge in [-0.15, -0.1) is 0 Å². The number of benzene rings is 1. The minimum absolute atomic E-state index is 0.102. The Morgan fingerprint density at radius 1 is 1.29 bits per heavy atom. The molecule has 0 N–H and O–H groups in total. The lowest BCUT2D eigenvalue weighted by molar-refractivity contribution is -0.153. The smallest absolute Gasteiger partial charge is 0.328 e. The van der Waals surface area contributed by atoms with Gasteiger partial charge in [0.05, 0.1) is 7.11 Å². The number of esters is 1. The molecule has 1 aromatic rings. The maximum atomic E-state index is 11.7. The highest BCUT2D eigenvalue weighted by Gasteiger charge is 2.33. The molecule has 0 bridgehead atoms. The Morgan fingerprint density at radius 3 is 2.53 bits per heavy atom. The highest BCUT2D eigenvalue weighted by molar-refractivity contribution is 5.84. The molecule has 1 aromatic carbocycles. The first kappa shape index (κ1) is 11.6. The van der Waals surface area contributed by atoms with Gasteiger partial charge in [-0.2, -0.15) is 0 Å². The summed E-state index contributed by atoms with van der Waals surface area (Å²) in [6, 6.07) is 7.36. The van der Waals surface area contributed by atoms with E-state index in [0.717, 1.165) is 11.1 Å². The molecule has 0 aromatic heterocycles. The van der Waals surface area contributed by atoms with Crippen molar-refractivity contribution in [2.75, 3.05) is 7.11 Å². The summed E-state index contributed by atoms with van der Waals surface area (Å²) >= 11 is 0. The van der Waals surface area contributed by atoms with Gasteiger partial charge < -0.3 is 9.64 Å². The number of nitrogens with zero attached hydrogens (tertiary/aromatic N) is 1. The van der Waals surface area contributed by atoms with Crippen molar-refractivity contribution in [3.05, 3.63) is 35.4 Å².